The fraction of sp³-hybridized carbons (Fsp3) is 0.438. The Hall–Kier alpha value is -1.65. The number of hydrogen-bond acceptors (Lipinski definition) is 3. The van der Waals surface area contributed by atoms with Crippen LogP contribution in [0.5, 0.6) is 0 Å². The molecule has 20 heavy (non-hydrogen) atoms. The minimum Gasteiger partial charge on any atom is -0.478 e. The van der Waals surface area contributed by atoms with E-state index in [0.29, 0.717) is 0 Å². The van der Waals surface area contributed by atoms with Gasteiger partial charge in [-0.25, -0.2) is 4.79 Å². The summed E-state index contributed by atoms with van der Waals surface area (Å²) in [6, 6.07) is 8.08. The molecule has 1 heterocycles. The number of nitrogens with zero attached hydrogens (tertiary/aromatic N) is 2. The van der Waals surface area contributed by atoms with Gasteiger partial charge in [0.05, 0.1) is 0 Å². The van der Waals surface area contributed by atoms with Crippen molar-refractivity contribution in [1.82, 2.24) is 9.80 Å². The zero-order valence-electron chi connectivity index (χ0n) is 12.0. The molecule has 108 valence electrons. The molecule has 1 aromatic rings. The van der Waals surface area contributed by atoms with E-state index in [4.69, 9.17) is 5.11 Å². The number of benzene rings is 1. The summed E-state index contributed by atoms with van der Waals surface area (Å²) in [5.74, 6) is -0.911. The van der Waals surface area contributed by atoms with Gasteiger partial charge in [0.25, 0.3) is 0 Å². The van der Waals surface area contributed by atoms with Gasteiger partial charge < -0.3 is 10.0 Å². The molecular weight excluding hydrogens is 252 g/mol. The molecule has 0 aromatic heterocycles. The lowest BCUT2D eigenvalue weighted by Crippen LogP contribution is -2.28. The third kappa shape index (κ3) is 4.79. The zero-order chi connectivity index (χ0) is 14.4. The molecule has 1 fully saturated rings. The van der Waals surface area contributed by atoms with E-state index in [2.05, 4.69) is 29.0 Å². The first-order valence-electron chi connectivity index (χ1n) is 7.04. The molecule has 1 aromatic carbocycles. The van der Waals surface area contributed by atoms with Gasteiger partial charge >= 0.3 is 5.97 Å². The van der Waals surface area contributed by atoms with Crippen molar-refractivity contribution in [3.63, 3.8) is 0 Å². The summed E-state index contributed by atoms with van der Waals surface area (Å²) in [5, 5.41) is 8.66. The Morgan fingerprint density at radius 3 is 2.95 bits per heavy atom. The highest BCUT2D eigenvalue weighted by atomic mass is 16.4. The van der Waals surface area contributed by atoms with Crippen molar-refractivity contribution in [2.75, 3.05) is 33.2 Å². The molecule has 4 nitrogen and oxygen atoms in total. The zero-order valence-corrected chi connectivity index (χ0v) is 12.0. The summed E-state index contributed by atoms with van der Waals surface area (Å²) < 4.78 is 0. The van der Waals surface area contributed by atoms with Crippen molar-refractivity contribution >= 4 is 12.0 Å². The molecule has 1 aliphatic rings. The first kappa shape index (κ1) is 14.8. The first-order chi connectivity index (χ1) is 9.63. The SMILES string of the molecule is CN1CCCN(Cc2cccc(C=CC(=O)O)c2)CC1. The predicted octanol–water partition coefficient (Wildman–Crippen LogP) is 1.92. The highest BCUT2D eigenvalue weighted by Gasteiger charge is 2.12. The largest absolute Gasteiger partial charge is 0.478 e. The monoisotopic (exact) mass is 274 g/mol. The van der Waals surface area contributed by atoms with Crippen LogP contribution in [0.3, 0.4) is 0 Å². The van der Waals surface area contributed by atoms with Gasteiger partial charge in [-0.05, 0) is 43.8 Å². The molecular formula is C16H22N2O2. The molecule has 0 atom stereocenters. The van der Waals surface area contributed by atoms with Gasteiger partial charge in [-0.15, -0.1) is 0 Å². The standard InChI is InChI=1S/C16H22N2O2/c1-17-8-3-9-18(11-10-17)13-15-5-2-4-14(12-15)6-7-16(19)20/h2,4-7,12H,3,8-11,13H2,1H3,(H,19,20). The van der Waals surface area contributed by atoms with Crippen molar-refractivity contribution in [2.45, 2.75) is 13.0 Å². The normalized spacial score (nSPS) is 18.2. The van der Waals surface area contributed by atoms with Crippen LogP contribution in [0, 0.1) is 0 Å². The molecule has 2 rings (SSSR count). The van der Waals surface area contributed by atoms with Gasteiger partial charge in [-0.1, -0.05) is 24.3 Å². The lowest BCUT2D eigenvalue weighted by Gasteiger charge is -2.20. The number of hydrogen-bond donors (Lipinski definition) is 1. The second kappa shape index (κ2) is 7.22. The van der Waals surface area contributed by atoms with Gasteiger partial charge in [0.1, 0.15) is 0 Å². The smallest absolute Gasteiger partial charge is 0.328 e. The van der Waals surface area contributed by atoms with E-state index >= 15 is 0 Å². The third-order valence-corrected chi connectivity index (χ3v) is 3.59. The van der Waals surface area contributed by atoms with Crippen LogP contribution in [0.1, 0.15) is 17.5 Å². The van der Waals surface area contributed by atoms with Crippen LogP contribution in [-0.4, -0.2) is 54.1 Å². The molecule has 0 saturated carbocycles. The Morgan fingerprint density at radius 2 is 2.15 bits per heavy atom. The van der Waals surface area contributed by atoms with Gasteiger partial charge in [-0.3, -0.25) is 4.90 Å². The highest BCUT2D eigenvalue weighted by molar-refractivity contribution is 5.85. The lowest BCUT2D eigenvalue weighted by molar-refractivity contribution is -0.131. The van der Waals surface area contributed by atoms with Crippen LogP contribution < -0.4 is 0 Å². The minimum atomic E-state index is -0.911. The summed E-state index contributed by atoms with van der Waals surface area (Å²) in [6.07, 6.45) is 4.02. The molecule has 0 aliphatic carbocycles. The van der Waals surface area contributed by atoms with E-state index in [1.165, 1.54) is 18.1 Å². The third-order valence-electron chi connectivity index (χ3n) is 3.59. The average molecular weight is 274 g/mol. The van der Waals surface area contributed by atoms with E-state index in [9.17, 15) is 4.79 Å². The summed E-state index contributed by atoms with van der Waals surface area (Å²) >= 11 is 0. The Labute approximate surface area is 120 Å². The Bertz CT molecular complexity index is 485. The maximum atomic E-state index is 10.5. The molecule has 4 heteroatoms. The van der Waals surface area contributed by atoms with E-state index in [1.807, 2.05) is 12.1 Å². The Balaban J connectivity index is 1.98. The molecule has 1 N–H and O–H groups in total. The van der Waals surface area contributed by atoms with Gasteiger partial charge in [0.2, 0.25) is 0 Å². The summed E-state index contributed by atoms with van der Waals surface area (Å²) in [4.78, 5) is 15.4. The number of carboxylic acids is 1. The second-order valence-corrected chi connectivity index (χ2v) is 5.35. The second-order valence-electron chi connectivity index (χ2n) is 5.35. The molecule has 0 radical (unpaired) electrons. The Morgan fingerprint density at radius 1 is 1.30 bits per heavy atom. The number of aliphatic carboxylic acids is 1. The molecule has 0 amide bonds. The highest BCUT2D eigenvalue weighted by Crippen LogP contribution is 2.11. The van der Waals surface area contributed by atoms with Crippen LogP contribution in [-0.2, 0) is 11.3 Å². The van der Waals surface area contributed by atoms with E-state index in [-0.39, 0.29) is 0 Å². The topological polar surface area (TPSA) is 43.8 Å². The number of rotatable bonds is 4. The van der Waals surface area contributed by atoms with E-state index in [0.717, 1.165) is 38.3 Å². The Kier molecular flexibility index (Phi) is 5.32. The van der Waals surface area contributed by atoms with Gasteiger partial charge in [0.15, 0.2) is 0 Å². The van der Waals surface area contributed by atoms with E-state index in [1.54, 1.807) is 6.08 Å². The molecule has 1 aliphatic heterocycles. The van der Waals surface area contributed by atoms with Crippen LogP contribution in [0.15, 0.2) is 30.3 Å². The maximum absolute atomic E-state index is 10.5. The molecule has 0 bridgehead atoms. The maximum Gasteiger partial charge on any atom is 0.328 e. The number of carboxylic acid groups (broad SMARTS) is 1. The van der Waals surface area contributed by atoms with Crippen LogP contribution in [0.25, 0.3) is 6.08 Å². The predicted molar refractivity (Wildman–Crippen MR) is 80.5 cm³/mol. The fourth-order valence-corrected chi connectivity index (χ4v) is 2.48. The van der Waals surface area contributed by atoms with Crippen molar-refractivity contribution in [3.05, 3.63) is 41.5 Å². The van der Waals surface area contributed by atoms with Crippen molar-refractivity contribution in [2.24, 2.45) is 0 Å². The molecule has 1 saturated heterocycles. The van der Waals surface area contributed by atoms with E-state index < -0.39 is 5.97 Å². The summed E-state index contributed by atoms with van der Waals surface area (Å²) in [5.41, 5.74) is 2.18. The quantitative estimate of drug-likeness (QED) is 0.852. The van der Waals surface area contributed by atoms with Gasteiger partial charge in [-0.2, -0.15) is 0 Å². The van der Waals surface area contributed by atoms with Crippen LogP contribution in [0.2, 0.25) is 0 Å². The fourth-order valence-electron chi connectivity index (χ4n) is 2.48. The van der Waals surface area contributed by atoms with Crippen LogP contribution >= 0.6 is 0 Å². The van der Waals surface area contributed by atoms with Crippen LogP contribution in [0.4, 0.5) is 0 Å². The summed E-state index contributed by atoms with van der Waals surface area (Å²) in [6.45, 7) is 5.42. The number of likely N-dealkylation sites (N-methyl/N-ethyl adjacent to an activating group) is 1. The van der Waals surface area contributed by atoms with Crippen molar-refractivity contribution < 1.29 is 9.90 Å². The minimum absolute atomic E-state index is 0.911. The van der Waals surface area contributed by atoms with Crippen molar-refractivity contribution in [3.8, 4) is 0 Å². The van der Waals surface area contributed by atoms with Crippen molar-refractivity contribution in [1.29, 1.82) is 0 Å². The lowest BCUT2D eigenvalue weighted by atomic mass is 10.1. The number of carbonyl (C=O) groups is 1. The first-order valence-corrected chi connectivity index (χ1v) is 7.04. The molecule has 0 spiro atoms. The average Bonchev–Trinajstić information content (AvgIpc) is 2.62. The summed E-state index contributed by atoms with van der Waals surface area (Å²) in [7, 11) is 2.17. The molecule has 0 unspecified atom stereocenters. The van der Waals surface area contributed by atoms with Gasteiger partial charge in [0, 0.05) is 25.7 Å².